The molecule has 0 aliphatic carbocycles. The van der Waals surface area contributed by atoms with Crippen molar-refractivity contribution in [2.75, 3.05) is 6.54 Å². The molecule has 1 atom stereocenters. The molecule has 1 saturated heterocycles. The van der Waals surface area contributed by atoms with Gasteiger partial charge < -0.3 is 5.32 Å². The molecule has 1 aromatic rings. The van der Waals surface area contributed by atoms with Crippen molar-refractivity contribution in [2.24, 2.45) is 0 Å². The van der Waals surface area contributed by atoms with E-state index in [1.54, 1.807) is 12.1 Å². The molecule has 72 valence electrons. The van der Waals surface area contributed by atoms with Crippen molar-refractivity contribution in [3.63, 3.8) is 0 Å². The highest BCUT2D eigenvalue weighted by atomic mass is 35.5. The second-order valence-electron chi connectivity index (χ2n) is 2.96. The summed E-state index contributed by atoms with van der Waals surface area (Å²) in [6.07, 6.45) is 1.01. The van der Waals surface area contributed by atoms with Crippen LogP contribution in [-0.2, 0) is 0 Å². The molecule has 4 heteroatoms. The molecule has 0 radical (unpaired) electrons. The number of nitrogens with one attached hydrogen (secondary N) is 1. The molecule has 0 amide bonds. The van der Waals surface area contributed by atoms with Crippen LogP contribution in [0.5, 0.6) is 0 Å². The molecule has 0 unspecified atom stereocenters. The van der Waals surface area contributed by atoms with Crippen molar-refractivity contribution in [1.82, 2.24) is 5.32 Å². The minimum absolute atomic E-state index is 0. The lowest BCUT2D eigenvalue weighted by Crippen LogP contribution is -2.35. The molecule has 1 aromatic carbocycles. The van der Waals surface area contributed by atoms with Gasteiger partial charge >= 0.3 is 0 Å². The van der Waals surface area contributed by atoms with Crippen LogP contribution in [0.4, 0.5) is 4.39 Å². The number of hydrogen-bond donors (Lipinski definition) is 1. The number of hydrogen-bond acceptors (Lipinski definition) is 1. The lowest BCUT2D eigenvalue weighted by atomic mass is 9.98. The van der Waals surface area contributed by atoms with Crippen LogP contribution in [0.3, 0.4) is 0 Å². The Hall–Kier alpha value is -0.310. The Balaban J connectivity index is 0.000000845. The average molecular weight is 222 g/mol. The van der Waals surface area contributed by atoms with Crippen LogP contribution < -0.4 is 5.32 Å². The molecule has 2 rings (SSSR count). The third-order valence-corrected chi connectivity index (χ3v) is 2.40. The fourth-order valence-electron chi connectivity index (χ4n) is 1.34. The molecule has 1 N–H and O–H groups in total. The Kier molecular flexibility index (Phi) is 3.54. The summed E-state index contributed by atoms with van der Waals surface area (Å²) in [6, 6.07) is 5.02. The fourth-order valence-corrected chi connectivity index (χ4v) is 1.50. The average Bonchev–Trinajstić information content (AvgIpc) is 1.91. The first-order chi connectivity index (χ1) is 5.77. The van der Waals surface area contributed by atoms with E-state index in [4.69, 9.17) is 11.6 Å². The van der Waals surface area contributed by atoms with Crippen LogP contribution in [0.1, 0.15) is 18.0 Å². The Morgan fingerprint density at radius 2 is 2.15 bits per heavy atom. The summed E-state index contributed by atoms with van der Waals surface area (Å²) in [5, 5.41) is 3.59. The molecule has 1 heterocycles. The summed E-state index contributed by atoms with van der Waals surface area (Å²) in [4.78, 5) is 0. The molecular weight excluding hydrogens is 212 g/mol. The summed E-state index contributed by atoms with van der Waals surface area (Å²) >= 11 is 5.62. The van der Waals surface area contributed by atoms with Gasteiger partial charge in [0.1, 0.15) is 5.82 Å². The quantitative estimate of drug-likeness (QED) is 0.770. The van der Waals surface area contributed by atoms with Crippen molar-refractivity contribution in [1.29, 1.82) is 0 Å². The van der Waals surface area contributed by atoms with Gasteiger partial charge in [-0.2, -0.15) is 0 Å². The largest absolute Gasteiger partial charge is 0.310 e. The Morgan fingerprint density at radius 1 is 1.46 bits per heavy atom. The van der Waals surface area contributed by atoms with Gasteiger partial charge in [0.15, 0.2) is 0 Å². The van der Waals surface area contributed by atoms with Gasteiger partial charge in [0, 0.05) is 16.6 Å². The third-order valence-electron chi connectivity index (χ3n) is 2.16. The zero-order chi connectivity index (χ0) is 8.55. The van der Waals surface area contributed by atoms with E-state index in [0.29, 0.717) is 5.02 Å². The molecule has 0 aromatic heterocycles. The van der Waals surface area contributed by atoms with E-state index in [1.165, 1.54) is 6.07 Å². The predicted octanol–water partition coefficient (Wildman–Crippen LogP) is 2.94. The maximum absolute atomic E-state index is 13.2. The molecule has 1 aliphatic heterocycles. The molecule has 1 aliphatic rings. The highest BCUT2D eigenvalue weighted by molar-refractivity contribution is 6.30. The standard InChI is InChI=1S/C9H9ClFN.ClH/c10-6-1-2-7(8(11)5-6)9-3-4-12-9;/h1-2,5,9,12H,3-4H2;1H/t9-;/m0./s1. The first-order valence-corrected chi connectivity index (χ1v) is 4.33. The van der Waals surface area contributed by atoms with E-state index < -0.39 is 0 Å². The van der Waals surface area contributed by atoms with E-state index in [0.717, 1.165) is 18.5 Å². The van der Waals surface area contributed by atoms with E-state index in [9.17, 15) is 4.39 Å². The van der Waals surface area contributed by atoms with Gasteiger partial charge in [0.05, 0.1) is 0 Å². The number of benzene rings is 1. The monoisotopic (exact) mass is 221 g/mol. The fraction of sp³-hybridized carbons (Fsp3) is 0.333. The van der Waals surface area contributed by atoms with E-state index in [-0.39, 0.29) is 24.3 Å². The first-order valence-electron chi connectivity index (χ1n) is 3.96. The first kappa shape index (κ1) is 10.8. The van der Waals surface area contributed by atoms with Crippen molar-refractivity contribution in [2.45, 2.75) is 12.5 Å². The van der Waals surface area contributed by atoms with E-state index in [1.807, 2.05) is 0 Å². The van der Waals surface area contributed by atoms with E-state index >= 15 is 0 Å². The van der Waals surface area contributed by atoms with Crippen LogP contribution in [-0.4, -0.2) is 6.54 Å². The lowest BCUT2D eigenvalue weighted by molar-refractivity contribution is 0.370. The molecule has 1 fully saturated rings. The van der Waals surface area contributed by atoms with Crippen molar-refractivity contribution in [3.05, 3.63) is 34.6 Å². The molecule has 0 saturated carbocycles. The molecule has 13 heavy (non-hydrogen) atoms. The minimum Gasteiger partial charge on any atom is -0.310 e. The minimum atomic E-state index is -0.209. The Morgan fingerprint density at radius 3 is 2.62 bits per heavy atom. The second kappa shape index (κ2) is 4.27. The van der Waals surface area contributed by atoms with E-state index in [2.05, 4.69) is 5.32 Å². The van der Waals surface area contributed by atoms with Gasteiger partial charge in [-0.3, -0.25) is 0 Å². The highest BCUT2D eigenvalue weighted by Gasteiger charge is 2.21. The Labute approximate surface area is 87.7 Å². The summed E-state index contributed by atoms with van der Waals surface area (Å²) in [7, 11) is 0. The summed E-state index contributed by atoms with van der Waals surface area (Å²) < 4.78 is 13.2. The van der Waals surface area contributed by atoms with Gasteiger partial charge in [-0.1, -0.05) is 17.7 Å². The van der Waals surface area contributed by atoms with Gasteiger partial charge in [-0.25, -0.2) is 4.39 Å². The zero-order valence-electron chi connectivity index (χ0n) is 6.89. The molecular formula is C9H10Cl2FN. The molecule has 1 nitrogen and oxygen atoms in total. The predicted molar refractivity (Wildman–Crippen MR) is 54.0 cm³/mol. The Bertz CT molecular complexity index is 300. The van der Waals surface area contributed by atoms with Crippen LogP contribution >= 0.6 is 24.0 Å². The number of rotatable bonds is 1. The summed E-state index contributed by atoms with van der Waals surface area (Å²) in [5.74, 6) is -0.209. The van der Waals surface area contributed by atoms with Gasteiger partial charge in [0.25, 0.3) is 0 Å². The van der Waals surface area contributed by atoms with Gasteiger partial charge in [-0.05, 0) is 25.1 Å². The van der Waals surface area contributed by atoms with Gasteiger partial charge in [0.2, 0.25) is 0 Å². The summed E-state index contributed by atoms with van der Waals surface area (Å²) in [6.45, 7) is 0.979. The zero-order valence-corrected chi connectivity index (χ0v) is 8.46. The van der Waals surface area contributed by atoms with Crippen LogP contribution in [0.25, 0.3) is 0 Å². The van der Waals surface area contributed by atoms with Crippen LogP contribution in [0.15, 0.2) is 18.2 Å². The highest BCUT2D eigenvalue weighted by Crippen LogP contribution is 2.26. The maximum Gasteiger partial charge on any atom is 0.129 e. The normalized spacial score (nSPS) is 20.3. The molecule has 0 bridgehead atoms. The van der Waals surface area contributed by atoms with Crippen LogP contribution in [0.2, 0.25) is 5.02 Å². The molecule has 0 spiro atoms. The SMILES string of the molecule is Cl.Fc1cc(Cl)ccc1[C@@H]1CCN1. The maximum atomic E-state index is 13.2. The lowest BCUT2D eigenvalue weighted by Gasteiger charge is -2.28. The van der Waals surface area contributed by atoms with Crippen molar-refractivity contribution >= 4 is 24.0 Å². The van der Waals surface area contributed by atoms with Crippen molar-refractivity contribution in [3.8, 4) is 0 Å². The van der Waals surface area contributed by atoms with Gasteiger partial charge in [-0.15, -0.1) is 12.4 Å². The topological polar surface area (TPSA) is 12.0 Å². The number of halogens is 3. The second-order valence-corrected chi connectivity index (χ2v) is 3.40. The third kappa shape index (κ3) is 2.13. The smallest absolute Gasteiger partial charge is 0.129 e. The van der Waals surface area contributed by atoms with Crippen molar-refractivity contribution < 1.29 is 4.39 Å². The van der Waals surface area contributed by atoms with Crippen LogP contribution in [0, 0.1) is 5.82 Å². The summed E-state index contributed by atoms with van der Waals surface area (Å²) in [5.41, 5.74) is 0.727.